The summed E-state index contributed by atoms with van der Waals surface area (Å²) in [5, 5.41) is 22.6. The number of hydrogen-bond donors (Lipinski definition) is 2. The highest BCUT2D eigenvalue weighted by Gasteiger charge is 2.26. The summed E-state index contributed by atoms with van der Waals surface area (Å²) in [4.78, 5) is 37.6. The predicted octanol–water partition coefficient (Wildman–Crippen LogP) is 1.71. The second-order valence-electron chi connectivity index (χ2n) is 6.77. The maximum atomic E-state index is 12.3. The van der Waals surface area contributed by atoms with Crippen LogP contribution in [-0.2, 0) is 9.59 Å². The van der Waals surface area contributed by atoms with E-state index in [4.69, 9.17) is 5.11 Å². The van der Waals surface area contributed by atoms with Crippen LogP contribution in [0.25, 0.3) is 0 Å². The van der Waals surface area contributed by atoms with E-state index in [1.165, 1.54) is 12.1 Å². The molecule has 1 amide bonds. The quantitative estimate of drug-likeness (QED) is 0.522. The minimum Gasteiger partial charge on any atom is -0.480 e. The van der Waals surface area contributed by atoms with Gasteiger partial charge < -0.3 is 10.4 Å². The third kappa shape index (κ3) is 6.00. The molecule has 148 valence electrons. The summed E-state index contributed by atoms with van der Waals surface area (Å²) in [5.74, 6) is -1.04. The van der Waals surface area contributed by atoms with Crippen molar-refractivity contribution in [2.24, 2.45) is 0 Å². The number of hydrogen-bond acceptors (Lipinski definition) is 6. The number of carboxylic acid groups (broad SMARTS) is 1. The van der Waals surface area contributed by atoms with Crippen molar-refractivity contribution in [3.05, 3.63) is 33.9 Å². The number of likely N-dealkylation sites (tertiary alicyclic amines) is 1. The van der Waals surface area contributed by atoms with E-state index in [9.17, 15) is 19.7 Å². The van der Waals surface area contributed by atoms with E-state index >= 15 is 0 Å². The predicted molar refractivity (Wildman–Crippen MR) is 101 cm³/mol. The van der Waals surface area contributed by atoms with Crippen molar-refractivity contribution in [3.63, 3.8) is 0 Å². The molecule has 2 N–H and O–H groups in total. The number of aryl methyl sites for hydroxylation is 1. The Balaban J connectivity index is 1.87. The molecule has 1 aliphatic rings. The van der Waals surface area contributed by atoms with Gasteiger partial charge >= 0.3 is 5.97 Å². The number of aliphatic carboxylic acids is 1. The van der Waals surface area contributed by atoms with Crippen LogP contribution in [0.3, 0.4) is 0 Å². The molecule has 2 rings (SSSR count). The highest BCUT2D eigenvalue weighted by Crippen LogP contribution is 2.22. The first kappa shape index (κ1) is 20.8. The van der Waals surface area contributed by atoms with Crippen molar-refractivity contribution in [1.82, 2.24) is 9.80 Å². The Morgan fingerprint density at radius 1 is 1.37 bits per heavy atom. The first-order valence-corrected chi connectivity index (χ1v) is 9.03. The number of nitrogens with one attached hydrogen (secondary N) is 1. The fourth-order valence-corrected chi connectivity index (χ4v) is 3.37. The summed E-state index contributed by atoms with van der Waals surface area (Å²) in [6, 6.07) is 4.60. The summed E-state index contributed by atoms with van der Waals surface area (Å²) in [7, 11) is 0. The molecule has 0 aromatic heterocycles. The number of nitrogens with zero attached hydrogens (tertiary/aromatic N) is 3. The highest BCUT2D eigenvalue weighted by molar-refractivity contribution is 5.93. The average Bonchev–Trinajstić information content (AvgIpc) is 2.62. The molecule has 0 unspecified atom stereocenters. The zero-order chi connectivity index (χ0) is 20.0. The second kappa shape index (κ2) is 9.43. The van der Waals surface area contributed by atoms with Crippen LogP contribution in [0, 0.1) is 17.0 Å². The van der Waals surface area contributed by atoms with Crippen molar-refractivity contribution in [1.29, 1.82) is 0 Å². The van der Waals surface area contributed by atoms with Crippen LogP contribution in [-0.4, -0.2) is 70.5 Å². The number of nitro benzene ring substituents is 1. The number of carbonyl (C=O) groups excluding carboxylic acids is 1. The van der Waals surface area contributed by atoms with Crippen molar-refractivity contribution in [2.75, 3.05) is 38.0 Å². The third-order valence-electron chi connectivity index (χ3n) is 4.89. The molecule has 1 aromatic rings. The van der Waals surface area contributed by atoms with E-state index in [0.717, 1.165) is 18.4 Å². The average molecular weight is 378 g/mol. The number of benzene rings is 1. The minimum atomic E-state index is -0.828. The maximum absolute atomic E-state index is 12.3. The van der Waals surface area contributed by atoms with Crippen LogP contribution in [0.2, 0.25) is 0 Å². The Hall–Kier alpha value is -2.52. The number of rotatable bonds is 8. The van der Waals surface area contributed by atoms with Crippen LogP contribution in [0.1, 0.15) is 25.3 Å². The van der Waals surface area contributed by atoms with E-state index in [1.807, 2.05) is 16.7 Å². The Morgan fingerprint density at radius 2 is 2.04 bits per heavy atom. The van der Waals surface area contributed by atoms with Crippen LogP contribution in [0.5, 0.6) is 0 Å². The molecule has 0 spiro atoms. The SMILES string of the molecule is CCN(CC(=O)O)C1CCN(CC(=O)Nc2cc([N+](=O)[O-])ccc2C)CC1. The Morgan fingerprint density at radius 3 is 2.59 bits per heavy atom. The zero-order valence-corrected chi connectivity index (χ0v) is 15.7. The van der Waals surface area contributed by atoms with E-state index < -0.39 is 10.9 Å². The Kier molecular flexibility index (Phi) is 7.26. The summed E-state index contributed by atoms with van der Waals surface area (Å²) in [6.45, 7) is 6.08. The molecule has 0 saturated carbocycles. The molecule has 9 nitrogen and oxygen atoms in total. The molecule has 0 bridgehead atoms. The van der Waals surface area contributed by atoms with Crippen LogP contribution < -0.4 is 5.32 Å². The number of carboxylic acids is 1. The fourth-order valence-electron chi connectivity index (χ4n) is 3.37. The number of likely N-dealkylation sites (N-methyl/N-ethyl adjacent to an activating group) is 1. The van der Waals surface area contributed by atoms with Crippen molar-refractivity contribution < 1.29 is 19.6 Å². The Labute approximate surface area is 158 Å². The smallest absolute Gasteiger partial charge is 0.317 e. The van der Waals surface area contributed by atoms with Gasteiger partial charge in [-0.25, -0.2) is 0 Å². The summed E-state index contributed by atoms with van der Waals surface area (Å²) in [6.07, 6.45) is 1.62. The maximum Gasteiger partial charge on any atom is 0.317 e. The number of piperidine rings is 1. The Bertz CT molecular complexity index is 701. The lowest BCUT2D eigenvalue weighted by Crippen LogP contribution is -2.48. The first-order valence-electron chi connectivity index (χ1n) is 9.03. The molecule has 1 fully saturated rings. The third-order valence-corrected chi connectivity index (χ3v) is 4.89. The summed E-state index contributed by atoms with van der Waals surface area (Å²) in [5.41, 5.74) is 1.15. The fraction of sp³-hybridized carbons (Fsp3) is 0.556. The van der Waals surface area contributed by atoms with E-state index in [2.05, 4.69) is 5.32 Å². The van der Waals surface area contributed by atoms with Gasteiger partial charge in [-0.3, -0.25) is 29.5 Å². The molecular weight excluding hydrogens is 352 g/mol. The van der Waals surface area contributed by atoms with Crippen LogP contribution in [0.4, 0.5) is 11.4 Å². The lowest BCUT2D eigenvalue weighted by atomic mass is 10.0. The van der Waals surface area contributed by atoms with Gasteiger partial charge in [-0.2, -0.15) is 0 Å². The van der Waals surface area contributed by atoms with E-state index in [1.54, 1.807) is 13.0 Å². The van der Waals surface area contributed by atoms with Gasteiger partial charge in [0.05, 0.1) is 23.7 Å². The zero-order valence-electron chi connectivity index (χ0n) is 15.7. The monoisotopic (exact) mass is 378 g/mol. The minimum absolute atomic E-state index is 0.0354. The number of amides is 1. The molecule has 1 aromatic carbocycles. The molecular formula is C18H26N4O5. The van der Waals surface area contributed by atoms with Gasteiger partial charge in [-0.15, -0.1) is 0 Å². The van der Waals surface area contributed by atoms with Gasteiger partial charge in [0, 0.05) is 31.3 Å². The van der Waals surface area contributed by atoms with Crippen molar-refractivity contribution in [2.45, 2.75) is 32.7 Å². The van der Waals surface area contributed by atoms with Crippen molar-refractivity contribution in [3.8, 4) is 0 Å². The molecule has 1 heterocycles. The molecule has 1 saturated heterocycles. The van der Waals surface area contributed by atoms with Crippen molar-refractivity contribution >= 4 is 23.3 Å². The van der Waals surface area contributed by atoms with Crippen LogP contribution in [0.15, 0.2) is 18.2 Å². The molecule has 0 atom stereocenters. The largest absolute Gasteiger partial charge is 0.480 e. The number of non-ortho nitro benzene ring substituents is 1. The van der Waals surface area contributed by atoms with Gasteiger partial charge in [0.15, 0.2) is 0 Å². The lowest BCUT2D eigenvalue weighted by Gasteiger charge is -2.37. The van der Waals surface area contributed by atoms with Crippen LogP contribution >= 0.6 is 0 Å². The first-order chi connectivity index (χ1) is 12.8. The summed E-state index contributed by atoms with van der Waals surface area (Å²) >= 11 is 0. The molecule has 0 aliphatic carbocycles. The molecule has 9 heteroatoms. The van der Waals surface area contributed by atoms with Gasteiger partial charge in [-0.1, -0.05) is 13.0 Å². The number of anilines is 1. The topological polar surface area (TPSA) is 116 Å². The number of carbonyl (C=O) groups is 2. The highest BCUT2D eigenvalue weighted by atomic mass is 16.6. The number of nitro groups is 1. The van der Waals surface area contributed by atoms with Gasteiger partial charge in [0.1, 0.15) is 0 Å². The van der Waals surface area contributed by atoms with Gasteiger partial charge in [-0.05, 0) is 31.9 Å². The van der Waals surface area contributed by atoms with E-state index in [0.29, 0.717) is 25.3 Å². The molecule has 1 aliphatic heterocycles. The van der Waals surface area contributed by atoms with E-state index in [-0.39, 0.29) is 30.7 Å². The summed E-state index contributed by atoms with van der Waals surface area (Å²) < 4.78 is 0. The van der Waals surface area contributed by atoms with Gasteiger partial charge in [0.25, 0.3) is 5.69 Å². The molecule has 27 heavy (non-hydrogen) atoms. The normalized spacial score (nSPS) is 15.7. The molecule has 0 radical (unpaired) electrons. The van der Waals surface area contributed by atoms with Gasteiger partial charge in [0.2, 0.25) is 5.91 Å². The second-order valence-corrected chi connectivity index (χ2v) is 6.77. The lowest BCUT2D eigenvalue weighted by molar-refractivity contribution is -0.384. The standard InChI is InChI=1S/C18H26N4O5/c1-3-21(12-18(24)25)14-6-8-20(9-7-14)11-17(23)19-16-10-15(22(26)27)5-4-13(16)2/h4-5,10,14H,3,6-9,11-12H2,1-2H3,(H,19,23)(H,24,25).